The van der Waals surface area contributed by atoms with Crippen molar-refractivity contribution in [1.82, 2.24) is 9.88 Å². The largest absolute Gasteiger partial charge is 0.496 e. The number of ether oxygens (including phenoxy) is 2. The summed E-state index contributed by atoms with van der Waals surface area (Å²) in [7, 11) is 2.94. The summed E-state index contributed by atoms with van der Waals surface area (Å²) >= 11 is 0. The van der Waals surface area contributed by atoms with E-state index in [2.05, 4.69) is 22.0 Å². The van der Waals surface area contributed by atoms with Crippen LogP contribution in [0.1, 0.15) is 41.8 Å². The van der Waals surface area contributed by atoms with Crippen molar-refractivity contribution in [2.24, 2.45) is 0 Å². The molecule has 1 aromatic heterocycles. The zero-order valence-electron chi connectivity index (χ0n) is 18.4. The highest BCUT2D eigenvalue weighted by molar-refractivity contribution is 5.97. The van der Waals surface area contributed by atoms with Crippen LogP contribution in [0.2, 0.25) is 0 Å². The number of amides is 1. The Balaban J connectivity index is 1.90. The van der Waals surface area contributed by atoms with E-state index in [-0.39, 0.29) is 5.91 Å². The Morgan fingerprint density at radius 1 is 1.10 bits per heavy atom. The standard InChI is InChI=1S/C25H28N2O4/c1-5-11-26-24(28)17(2)13-18-6-7-19-10-12-27(22(19)14-18)16-21-9-8-20(25(29)31-4)15-23(21)30-3/h6-10,12-15H,5,11,16H2,1-4H3,(H,26,28). The van der Waals surface area contributed by atoms with Crippen LogP contribution in [0.5, 0.6) is 5.75 Å². The van der Waals surface area contributed by atoms with Gasteiger partial charge in [-0.3, -0.25) is 4.79 Å². The van der Waals surface area contributed by atoms with Crippen molar-refractivity contribution in [3.63, 3.8) is 0 Å². The Morgan fingerprint density at radius 2 is 1.90 bits per heavy atom. The number of hydrogen-bond donors (Lipinski definition) is 1. The monoisotopic (exact) mass is 420 g/mol. The summed E-state index contributed by atoms with van der Waals surface area (Å²) in [6.45, 7) is 5.10. The van der Waals surface area contributed by atoms with Gasteiger partial charge in [-0.05, 0) is 54.6 Å². The fourth-order valence-corrected chi connectivity index (χ4v) is 3.43. The zero-order chi connectivity index (χ0) is 22.4. The smallest absolute Gasteiger partial charge is 0.337 e. The lowest BCUT2D eigenvalue weighted by molar-refractivity contribution is -0.117. The predicted molar refractivity (Wildman–Crippen MR) is 122 cm³/mol. The van der Waals surface area contributed by atoms with Gasteiger partial charge in [-0.1, -0.05) is 25.1 Å². The highest BCUT2D eigenvalue weighted by Crippen LogP contribution is 2.25. The fourth-order valence-electron chi connectivity index (χ4n) is 3.43. The van der Waals surface area contributed by atoms with Crippen LogP contribution in [-0.4, -0.2) is 37.2 Å². The summed E-state index contributed by atoms with van der Waals surface area (Å²) in [6.07, 6.45) is 4.82. The quantitative estimate of drug-likeness (QED) is 0.433. The second kappa shape index (κ2) is 9.98. The third kappa shape index (κ3) is 5.15. The van der Waals surface area contributed by atoms with E-state index in [0.717, 1.165) is 28.5 Å². The molecule has 0 fully saturated rings. The number of aromatic nitrogens is 1. The van der Waals surface area contributed by atoms with Gasteiger partial charge in [-0.25, -0.2) is 4.79 Å². The van der Waals surface area contributed by atoms with Crippen molar-refractivity contribution >= 4 is 28.9 Å². The summed E-state index contributed by atoms with van der Waals surface area (Å²) in [5, 5.41) is 4.01. The molecule has 0 bridgehead atoms. The number of benzene rings is 2. The number of esters is 1. The number of nitrogens with zero attached hydrogens (tertiary/aromatic N) is 1. The topological polar surface area (TPSA) is 69.6 Å². The molecule has 6 nitrogen and oxygen atoms in total. The molecule has 1 amide bonds. The Bertz CT molecular complexity index is 1130. The van der Waals surface area contributed by atoms with Gasteiger partial charge in [0.2, 0.25) is 5.91 Å². The van der Waals surface area contributed by atoms with Crippen molar-refractivity contribution in [1.29, 1.82) is 0 Å². The second-order valence-electron chi connectivity index (χ2n) is 7.36. The van der Waals surface area contributed by atoms with Crippen molar-refractivity contribution < 1.29 is 19.1 Å². The van der Waals surface area contributed by atoms with Gasteiger partial charge in [-0.15, -0.1) is 0 Å². The van der Waals surface area contributed by atoms with Gasteiger partial charge < -0.3 is 19.4 Å². The first-order valence-electron chi connectivity index (χ1n) is 10.3. The van der Waals surface area contributed by atoms with Gasteiger partial charge in [0.15, 0.2) is 0 Å². The molecular formula is C25H28N2O4. The summed E-state index contributed by atoms with van der Waals surface area (Å²) < 4.78 is 12.4. The average molecular weight is 421 g/mol. The minimum absolute atomic E-state index is 0.0484. The first kappa shape index (κ1) is 22.2. The predicted octanol–water partition coefficient (Wildman–Crippen LogP) is 4.41. The number of rotatable bonds is 8. The third-order valence-electron chi connectivity index (χ3n) is 5.12. The van der Waals surface area contributed by atoms with Gasteiger partial charge in [0.25, 0.3) is 0 Å². The maximum Gasteiger partial charge on any atom is 0.337 e. The van der Waals surface area contributed by atoms with E-state index in [4.69, 9.17) is 9.47 Å². The van der Waals surface area contributed by atoms with Crippen LogP contribution in [0.25, 0.3) is 17.0 Å². The van der Waals surface area contributed by atoms with Crippen LogP contribution in [-0.2, 0) is 16.1 Å². The zero-order valence-corrected chi connectivity index (χ0v) is 18.4. The first-order valence-corrected chi connectivity index (χ1v) is 10.3. The molecule has 0 atom stereocenters. The molecule has 0 spiro atoms. The number of methoxy groups -OCH3 is 2. The Hall–Kier alpha value is -3.54. The first-order chi connectivity index (χ1) is 15.0. The van der Waals surface area contributed by atoms with Gasteiger partial charge >= 0.3 is 5.97 Å². The highest BCUT2D eigenvalue weighted by atomic mass is 16.5. The normalized spacial score (nSPS) is 11.4. The molecular weight excluding hydrogens is 392 g/mol. The van der Waals surface area contributed by atoms with E-state index >= 15 is 0 Å². The molecule has 3 aromatic rings. The molecule has 31 heavy (non-hydrogen) atoms. The van der Waals surface area contributed by atoms with Crippen LogP contribution >= 0.6 is 0 Å². The van der Waals surface area contributed by atoms with E-state index in [1.54, 1.807) is 19.2 Å². The Morgan fingerprint density at radius 3 is 2.61 bits per heavy atom. The minimum atomic E-state index is -0.397. The molecule has 1 N–H and O–H groups in total. The molecule has 162 valence electrons. The molecule has 2 aromatic carbocycles. The van der Waals surface area contributed by atoms with E-state index in [1.165, 1.54) is 7.11 Å². The maximum atomic E-state index is 12.2. The molecule has 0 saturated heterocycles. The Labute approximate surface area is 182 Å². The van der Waals surface area contributed by atoms with E-state index < -0.39 is 5.97 Å². The fraction of sp³-hybridized carbons (Fsp3) is 0.280. The van der Waals surface area contributed by atoms with Gasteiger partial charge in [0.1, 0.15) is 5.75 Å². The Kier molecular flexibility index (Phi) is 7.13. The van der Waals surface area contributed by atoms with Crippen LogP contribution in [0.15, 0.2) is 54.2 Å². The number of fused-ring (bicyclic) bond motifs is 1. The maximum absolute atomic E-state index is 12.2. The molecule has 0 aliphatic carbocycles. The molecule has 0 saturated carbocycles. The molecule has 0 aliphatic rings. The molecule has 0 radical (unpaired) electrons. The van der Waals surface area contributed by atoms with E-state index in [1.807, 2.05) is 44.3 Å². The minimum Gasteiger partial charge on any atom is -0.496 e. The van der Waals surface area contributed by atoms with Gasteiger partial charge in [-0.2, -0.15) is 0 Å². The lowest BCUT2D eigenvalue weighted by atomic mass is 10.1. The number of carbonyl (C=O) groups excluding carboxylic acids is 2. The molecule has 1 heterocycles. The third-order valence-corrected chi connectivity index (χ3v) is 5.12. The van der Waals surface area contributed by atoms with Gasteiger partial charge in [0.05, 0.1) is 26.3 Å². The lowest BCUT2D eigenvalue weighted by Crippen LogP contribution is -2.24. The van der Waals surface area contributed by atoms with Gasteiger partial charge in [0, 0.05) is 29.4 Å². The summed E-state index contributed by atoms with van der Waals surface area (Å²) in [5.41, 5.74) is 4.08. The van der Waals surface area contributed by atoms with Crippen LogP contribution in [0.4, 0.5) is 0 Å². The highest BCUT2D eigenvalue weighted by Gasteiger charge is 2.12. The summed E-state index contributed by atoms with van der Waals surface area (Å²) in [5.74, 6) is 0.183. The van der Waals surface area contributed by atoms with Crippen LogP contribution < -0.4 is 10.1 Å². The second-order valence-corrected chi connectivity index (χ2v) is 7.36. The van der Waals surface area contributed by atoms with Crippen molar-refractivity contribution in [2.75, 3.05) is 20.8 Å². The van der Waals surface area contributed by atoms with Crippen molar-refractivity contribution in [2.45, 2.75) is 26.8 Å². The lowest BCUT2D eigenvalue weighted by Gasteiger charge is -2.12. The molecule has 0 aliphatic heterocycles. The molecule has 3 rings (SSSR count). The van der Waals surface area contributed by atoms with Crippen LogP contribution in [0, 0.1) is 0 Å². The molecule has 0 unspecified atom stereocenters. The summed E-state index contributed by atoms with van der Waals surface area (Å²) in [6, 6.07) is 13.5. The average Bonchev–Trinajstić information content (AvgIpc) is 3.18. The van der Waals surface area contributed by atoms with E-state index in [0.29, 0.717) is 30.0 Å². The van der Waals surface area contributed by atoms with Crippen molar-refractivity contribution in [3.05, 3.63) is 70.9 Å². The summed E-state index contributed by atoms with van der Waals surface area (Å²) in [4.78, 5) is 24.0. The SMILES string of the molecule is CCCNC(=O)C(C)=Cc1ccc2ccn(Cc3ccc(C(=O)OC)cc3OC)c2c1. The number of carbonyl (C=O) groups is 2. The molecule has 6 heteroatoms. The number of nitrogens with one attached hydrogen (secondary N) is 1. The number of hydrogen-bond acceptors (Lipinski definition) is 4. The van der Waals surface area contributed by atoms with E-state index in [9.17, 15) is 9.59 Å². The van der Waals surface area contributed by atoms with Crippen LogP contribution in [0.3, 0.4) is 0 Å². The van der Waals surface area contributed by atoms with Crippen molar-refractivity contribution in [3.8, 4) is 5.75 Å².